The number of H-pyrrole nitrogens is 1. The van der Waals surface area contributed by atoms with Gasteiger partial charge in [0.05, 0.1) is 5.56 Å². The van der Waals surface area contributed by atoms with Gasteiger partial charge in [-0.25, -0.2) is 0 Å². The zero-order valence-corrected chi connectivity index (χ0v) is 15.2. The number of quaternary nitrogens is 1. The molecular weight excluding hydrogens is 312 g/mol. The summed E-state index contributed by atoms with van der Waals surface area (Å²) in [5.41, 5.74) is 8.43. The number of nitrogens with one attached hydrogen (secondary N) is 1. The first-order valence-corrected chi connectivity index (χ1v) is 8.86. The maximum atomic E-state index is 12.6. The number of phenols is 1. The highest BCUT2D eigenvalue weighted by Gasteiger charge is 2.13. The maximum Gasteiger partial charge on any atom is 0.198 e. The molecule has 0 bridgehead atoms. The van der Waals surface area contributed by atoms with Crippen molar-refractivity contribution in [1.29, 1.82) is 0 Å². The highest BCUT2D eigenvalue weighted by molar-refractivity contribution is 5.79. The first kappa shape index (κ1) is 18.7. The van der Waals surface area contributed by atoms with Gasteiger partial charge in [-0.05, 0) is 35.7 Å². The molecule has 3 rings (SSSR count). The van der Waals surface area contributed by atoms with Crippen LogP contribution in [0.1, 0.15) is 43.2 Å². The number of pyridine rings is 1. The van der Waals surface area contributed by atoms with Gasteiger partial charge in [0.15, 0.2) is 5.43 Å². The summed E-state index contributed by atoms with van der Waals surface area (Å²) in [7, 11) is 0. The Hall–Kier alpha value is -2.59. The van der Waals surface area contributed by atoms with Crippen molar-refractivity contribution in [1.82, 2.24) is 4.98 Å². The number of hydrogen-bond acceptors (Lipinski definition) is 2. The number of aromatic nitrogens is 1. The van der Waals surface area contributed by atoms with Crippen LogP contribution in [-0.2, 0) is 19.4 Å². The minimum Gasteiger partial charge on any atom is -0.508 e. The molecular formula is C21H27N2O2+. The second-order valence-electron chi connectivity index (χ2n) is 5.70. The average Bonchev–Trinajstić information content (AvgIpc) is 2.65. The van der Waals surface area contributed by atoms with Crippen molar-refractivity contribution in [3.05, 3.63) is 75.1 Å². The molecule has 0 amide bonds. The van der Waals surface area contributed by atoms with Crippen LogP contribution in [0, 0.1) is 0 Å². The SMILES string of the molecule is CC.CCc1cc(Cc2[nH]c3ccccc3c(=O)c2C[NH3+])ccc1O. The Morgan fingerprint density at radius 3 is 2.52 bits per heavy atom. The van der Waals surface area contributed by atoms with E-state index in [4.69, 9.17) is 0 Å². The van der Waals surface area contributed by atoms with Gasteiger partial charge in [-0.2, -0.15) is 0 Å². The molecule has 0 atom stereocenters. The molecule has 3 aromatic rings. The van der Waals surface area contributed by atoms with E-state index >= 15 is 0 Å². The molecule has 0 unspecified atom stereocenters. The van der Waals surface area contributed by atoms with Gasteiger partial charge >= 0.3 is 0 Å². The van der Waals surface area contributed by atoms with Gasteiger partial charge in [0.1, 0.15) is 12.3 Å². The number of aromatic hydroxyl groups is 1. The Morgan fingerprint density at radius 1 is 1.12 bits per heavy atom. The Labute approximate surface area is 148 Å². The highest BCUT2D eigenvalue weighted by Crippen LogP contribution is 2.21. The topological polar surface area (TPSA) is 80.7 Å². The van der Waals surface area contributed by atoms with Crippen LogP contribution in [0.3, 0.4) is 0 Å². The predicted octanol–water partition coefficient (Wildman–Crippen LogP) is 3.16. The van der Waals surface area contributed by atoms with Gasteiger partial charge in [0.2, 0.25) is 0 Å². The van der Waals surface area contributed by atoms with Crippen LogP contribution in [0.4, 0.5) is 0 Å². The number of benzene rings is 2. The summed E-state index contributed by atoms with van der Waals surface area (Å²) in [6, 6.07) is 13.2. The lowest BCUT2D eigenvalue weighted by Crippen LogP contribution is -2.49. The normalized spacial score (nSPS) is 10.4. The molecule has 0 radical (unpaired) electrons. The third-order valence-electron chi connectivity index (χ3n) is 4.25. The van der Waals surface area contributed by atoms with E-state index in [2.05, 4.69) is 10.7 Å². The zero-order chi connectivity index (χ0) is 18.4. The number of phenolic OH excluding ortho intramolecular Hbond substituents is 1. The third kappa shape index (κ3) is 3.91. The number of rotatable bonds is 4. The summed E-state index contributed by atoms with van der Waals surface area (Å²) < 4.78 is 0. The quantitative estimate of drug-likeness (QED) is 0.682. The van der Waals surface area contributed by atoms with Gasteiger partial charge in [-0.3, -0.25) is 4.79 Å². The molecule has 4 nitrogen and oxygen atoms in total. The molecule has 132 valence electrons. The number of fused-ring (bicyclic) bond motifs is 1. The van der Waals surface area contributed by atoms with E-state index in [1.54, 1.807) is 6.07 Å². The molecule has 0 fully saturated rings. The van der Waals surface area contributed by atoms with E-state index in [0.717, 1.165) is 34.3 Å². The molecule has 25 heavy (non-hydrogen) atoms. The van der Waals surface area contributed by atoms with Gasteiger partial charge < -0.3 is 15.8 Å². The largest absolute Gasteiger partial charge is 0.508 e. The van der Waals surface area contributed by atoms with Gasteiger partial charge in [0, 0.05) is 23.0 Å². The molecule has 4 heteroatoms. The van der Waals surface area contributed by atoms with Crippen molar-refractivity contribution in [2.45, 2.75) is 40.2 Å². The molecule has 0 aliphatic heterocycles. The average molecular weight is 339 g/mol. The minimum absolute atomic E-state index is 0.0545. The number of para-hydroxylation sites is 1. The summed E-state index contributed by atoms with van der Waals surface area (Å²) >= 11 is 0. The summed E-state index contributed by atoms with van der Waals surface area (Å²) in [5.74, 6) is 0.320. The molecule has 5 N–H and O–H groups in total. The van der Waals surface area contributed by atoms with E-state index in [0.29, 0.717) is 24.1 Å². The lowest BCUT2D eigenvalue weighted by atomic mass is 10.00. The van der Waals surface area contributed by atoms with Crippen LogP contribution < -0.4 is 11.2 Å². The van der Waals surface area contributed by atoms with Gasteiger partial charge in [-0.1, -0.05) is 45.0 Å². The zero-order valence-electron chi connectivity index (χ0n) is 15.2. The second kappa shape index (κ2) is 8.49. The number of hydrogen-bond donors (Lipinski definition) is 3. The summed E-state index contributed by atoms with van der Waals surface area (Å²) in [6.45, 7) is 6.46. The fraction of sp³-hybridized carbons (Fsp3) is 0.286. The smallest absolute Gasteiger partial charge is 0.198 e. The van der Waals surface area contributed by atoms with Gasteiger partial charge in [-0.15, -0.1) is 0 Å². The molecule has 0 aliphatic carbocycles. The third-order valence-corrected chi connectivity index (χ3v) is 4.25. The number of aromatic amines is 1. The molecule has 0 saturated heterocycles. The molecule has 0 aliphatic rings. The minimum atomic E-state index is 0.0545. The predicted molar refractivity (Wildman–Crippen MR) is 103 cm³/mol. The molecule has 0 spiro atoms. The van der Waals surface area contributed by atoms with Crippen molar-refractivity contribution in [3.8, 4) is 5.75 Å². The lowest BCUT2D eigenvalue weighted by molar-refractivity contribution is -0.386. The highest BCUT2D eigenvalue weighted by atomic mass is 16.3. The maximum absolute atomic E-state index is 12.6. The first-order chi connectivity index (χ1) is 12.1. The van der Waals surface area contributed by atoms with Gasteiger partial charge in [0.25, 0.3) is 0 Å². The Bertz CT molecular complexity index is 913. The van der Waals surface area contributed by atoms with Crippen molar-refractivity contribution in [3.63, 3.8) is 0 Å². The van der Waals surface area contributed by atoms with Crippen LogP contribution in [-0.4, -0.2) is 10.1 Å². The van der Waals surface area contributed by atoms with Crippen LogP contribution in [0.5, 0.6) is 5.75 Å². The molecule has 1 heterocycles. The molecule has 1 aromatic heterocycles. The Kier molecular flexibility index (Phi) is 6.37. The summed E-state index contributed by atoms with van der Waals surface area (Å²) in [5, 5.41) is 10.5. The standard InChI is InChI=1S/C19H20N2O2.C2H6/c1-2-13-9-12(7-8-18(13)22)10-17-15(11-20)19(23)14-5-3-4-6-16(14)21-17;1-2/h3-9,22H,2,10-11,20H2,1H3,(H,21,23);1-2H3/p+1. The number of aryl methyl sites for hydroxylation is 1. The van der Waals surface area contributed by atoms with Crippen molar-refractivity contribution in [2.24, 2.45) is 0 Å². The van der Waals surface area contributed by atoms with Crippen molar-refractivity contribution < 1.29 is 10.8 Å². The van der Waals surface area contributed by atoms with E-state index in [9.17, 15) is 9.90 Å². The van der Waals surface area contributed by atoms with Crippen LogP contribution in [0.15, 0.2) is 47.3 Å². The van der Waals surface area contributed by atoms with Crippen molar-refractivity contribution >= 4 is 10.9 Å². The fourth-order valence-corrected chi connectivity index (χ4v) is 2.98. The van der Waals surface area contributed by atoms with Crippen molar-refractivity contribution in [2.75, 3.05) is 0 Å². The van der Waals surface area contributed by atoms with E-state index in [1.165, 1.54) is 0 Å². The monoisotopic (exact) mass is 339 g/mol. The first-order valence-electron chi connectivity index (χ1n) is 8.86. The Balaban J connectivity index is 0.00000109. The fourth-order valence-electron chi connectivity index (χ4n) is 2.98. The van der Waals surface area contributed by atoms with Crippen LogP contribution >= 0.6 is 0 Å². The van der Waals surface area contributed by atoms with E-state index in [-0.39, 0.29) is 5.43 Å². The molecule has 0 saturated carbocycles. The lowest BCUT2D eigenvalue weighted by Gasteiger charge is -2.11. The van der Waals surface area contributed by atoms with E-state index in [1.807, 2.05) is 57.2 Å². The summed E-state index contributed by atoms with van der Waals surface area (Å²) in [6.07, 6.45) is 1.40. The van der Waals surface area contributed by atoms with Crippen LogP contribution in [0.2, 0.25) is 0 Å². The second-order valence-corrected chi connectivity index (χ2v) is 5.70. The summed E-state index contributed by atoms with van der Waals surface area (Å²) in [4.78, 5) is 16.0. The van der Waals surface area contributed by atoms with E-state index < -0.39 is 0 Å². The molecule has 2 aromatic carbocycles. The Morgan fingerprint density at radius 2 is 1.84 bits per heavy atom. The van der Waals surface area contributed by atoms with Crippen LogP contribution in [0.25, 0.3) is 10.9 Å².